The van der Waals surface area contributed by atoms with Gasteiger partial charge in [0.1, 0.15) is 0 Å². The maximum absolute atomic E-state index is 2.47. The molecule has 0 fully saturated rings. The summed E-state index contributed by atoms with van der Waals surface area (Å²) in [7, 11) is 0. The topological polar surface area (TPSA) is 8.17 Å². The summed E-state index contributed by atoms with van der Waals surface area (Å²) in [6.07, 6.45) is 0. The second-order valence-electron chi connectivity index (χ2n) is 14.2. The minimum Gasteiger partial charge on any atom is -0.310 e. The van der Waals surface area contributed by atoms with Crippen molar-refractivity contribution in [2.24, 2.45) is 0 Å². The van der Waals surface area contributed by atoms with Crippen LogP contribution in [-0.4, -0.2) is 4.57 Å². The van der Waals surface area contributed by atoms with E-state index in [4.69, 9.17) is 0 Å². The van der Waals surface area contributed by atoms with Gasteiger partial charge in [-0.25, -0.2) is 0 Å². The zero-order valence-corrected chi connectivity index (χ0v) is 28.7. The zero-order chi connectivity index (χ0) is 34.1. The van der Waals surface area contributed by atoms with Crippen molar-refractivity contribution in [1.82, 2.24) is 4.57 Å². The highest BCUT2D eigenvalue weighted by Crippen LogP contribution is 2.53. The van der Waals surface area contributed by atoms with Gasteiger partial charge in [0.05, 0.1) is 16.7 Å². The van der Waals surface area contributed by atoms with Crippen LogP contribution in [0.4, 0.5) is 17.1 Å². The van der Waals surface area contributed by atoms with Crippen LogP contribution >= 0.6 is 0 Å². The molecule has 0 amide bonds. The number of para-hydroxylation sites is 3. The van der Waals surface area contributed by atoms with Gasteiger partial charge in [-0.1, -0.05) is 141 Å². The predicted molar refractivity (Wildman–Crippen MR) is 216 cm³/mol. The van der Waals surface area contributed by atoms with E-state index in [1.54, 1.807) is 0 Å². The number of nitrogens with zero attached hydrogens (tertiary/aromatic N) is 2. The Labute approximate surface area is 298 Å². The number of rotatable bonds is 5. The minimum atomic E-state index is -0.184. The van der Waals surface area contributed by atoms with E-state index in [1.165, 1.54) is 71.6 Å². The fourth-order valence-electron chi connectivity index (χ4n) is 8.56. The van der Waals surface area contributed by atoms with Crippen molar-refractivity contribution >= 4 is 49.6 Å². The molecular formula is C49H36N2. The van der Waals surface area contributed by atoms with E-state index in [-0.39, 0.29) is 5.41 Å². The summed E-state index contributed by atoms with van der Waals surface area (Å²) in [4.78, 5) is 2.39. The van der Waals surface area contributed by atoms with Crippen LogP contribution in [0, 0.1) is 0 Å². The first kappa shape index (κ1) is 29.5. The lowest BCUT2D eigenvalue weighted by molar-refractivity contribution is 0.660. The van der Waals surface area contributed by atoms with E-state index in [9.17, 15) is 0 Å². The lowest BCUT2D eigenvalue weighted by atomic mass is 9.82. The van der Waals surface area contributed by atoms with Gasteiger partial charge in [-0.05, 0) is 93.2 Å². The Kier molecular flexibility index (Phi) is 6.56. The molecule has 9 aromatic rings. The number of hydrogen-bond acceptors (Lipinski definition) is 1. The third kappa shape index (κ3) is 4.50. The van der Waals surface area contributed by atoms with Crippen LogP contribution in [0.15, 0.2) is 182 Å². The Hall–Kier alpha value is -6.38. The van der Waals surface area contributed by atoms with Gasteiger partial charge in [-0.3, -0.25) is 0 Å². The first-order valence-electron chi connectivity index (χ1n) is 17.8. The molecule has 0 spiro atoms. The van der Waals surface area contributed by atoms with Gasteiger partial charge in [-0.15, -0.1) is 0 Å². The van der Waals surface area contributed by atoms with Crippen LogP contribution in [0.5, 0.6) is 0 Å². The molecule has 0 bridgehead atoms. The van der Waals surface area contributed by atoms with Gasteiger partial charge in [-0.2, -0.15) is 0 Å². The highest BCUT2D eigenvalue weighted by molar-refractivity contribution is 6.10. The molecule has 10 rings (SSSR count). The molecular weight excluding hydrogens is 617 g/mol. The number of hydrogen-bond donors (Lipinski definition) is 0. The SMILES string of the molecule is CC1(C)c2cc(N(c3ccccc3)c3ccc(-c4cccc5ccccc45)cc3)ccc2-c2c(-n3c4ccccc4c4ccccc43)cccc21. The normalized spacial score (nSPS) is 13.1. The van der Waals surface area contributed by atoms with Crippen molar-refractivity contribution in [1.29, 1.82) is 0 Å². The van der Waals surface area contributed by atoms with Crippen LogP contribution in [0.3, 0.4) is 0 Å². The molecule has 0 saturated carbocycles. The molecule has 0 aliphatic heterocycles. The third-order valence-corrected chi connectivity index (χ3v) is 11.0. The molecule has 0 unspecified atom stereocenters. The Balaban J connectivity index is 1.12. The molecule has 1 aliphatic carbocycles. The molecule has 2 nitrogen and oxygen atoms in total. The summed E-state index contributed by atoms with van der Waals surface area (Å²) >= 11 is 0. The number of aromatic nitrogens is 1. The summed E-state index contributed by atoms with van der Waals surface area (Å²) in [6, 6.07) is 66.5. The van der Waals surface area contributed by atoms with Crippen molar-refractivity contribution in [3.05, 3.63) is 193 Å². The highest BCUT2D eigenvalue weighted by atomic mass is 15.1. The van der Waals surface area contributed by atoms with E-state index in [2.05, 4.69) is 205 Å². The zero-order valence-electron chi connectivity index (χ0n) is 28.7. The summed E-state index contributed by atoms with van der Waals surface area (Å²) in [6.45, 7) is 4.76. The Morgan fingerprint density at radius 1 is 0.431 bits per heavy atom. The van der Waals surface area contributed by atoms with Gasteiger partial charge in [0.25, 0.3) is 0 Å². The molecule has 2 heteroatoms. The largest absolute Gasteiger partial charge is 0.310 e. The maximum Gasteiger partial charge on any atom is 0.0543 e. The van der Waals surface area contributed by atoms with Gasteiger partial charge < -0.3 is 9.47 Å². The lowest BCUT2D eigenvalue weighted by Crippen LogP contribution is -2.16. The molecule has 0 saturated heterocycles. The number of fused-ring (bicyclic) bond motifs is 7. The van der Waals surface area contributed by atoms with E-state index < -0.39 is 0 Å². The van der Waals surface area contributed by atoms with E-state index in [0.717, 1.165) is 17.1 Å². The molecule has 1 aliphatic rings. The third-order valence-electron chi connectivity index (χ3n) is 11.0. The van der Waals surface area contributed by atoms with Crippen LogP contribution in [0.2, 0.25) is 0 Å². The second kappa shape index (κ2) is 11.3. The molecule has 0 radical (unpaired) electrons. The number of anilines is 3. The standard InChI is InChI=1S/C49H36N2/c1-49(2)43-22-13-25-47(51-45-23-10-8-19-40(45)41-20-9-11-24-46(41)51)48(43)42-31-30-37(32-44(42)49)50(35-16-4-3-5-17-35)36-28-26-34(27-29-36)39-21-12-15-33-14-6-7-18-38(33)39/h3-32H,1-2H3. The van der Waals surface area contributed by atoms with E-state index in [1.807, 2.05) is 0 Å². The first-order chi connectivity index (χ1) is 25.1. The van der Waals surface area contributed by atoms with Crippen LogP contribution in [0.25, 0.3) is 60.5 Å². The Bertz CT molecular complexity index is 2710. The summed E-state index contributed by atoms with van der Waals surface area (Å²) in [5, 5.41) is 5.09. The average Bonchev–Trinajstić information content (AvgIpc) is 3.64. The van der Waals surface area contributed by atoms with Crippen molar-refractivity contribution in [2.75, 3.05) is 4.90 Å². The fraction of sp³-hybridized carbons (Fsp3) is 0.0612. The Morgan fingerprint density at radius 2 is 1.02 bits per heavy atom. The van der Waals surface area contributed by atoms with Crippen molar-refractivity contribution in [3.8, 4) is 27.9 Å². The number of benzene rings is 8. The smallest absolute Gasteiger partial charge is 0.0543 e. The van der Waals surface area contributed by atoms with E-state index >= 15 is 0 Å². The monoisotopic (exact) mass is 652 g/mol. The second-order valence-corrected chi connectivity index (χ2v) is 14.2. The molecule has 0 atom stereocenters. The molecule has 1 heterocycles. The van der Waals surface area contributed by atoms with Gasteiger partial charge in [0, 0.05) is 38.8 Å². The van der Waals surface area contributed by atoms with Gasteiger partial charge >= 0.3 is 0 Å². The van der Waals surface area contributed by atoms with E-state index in [0.29, 0.717) is 0 Å². The molecule has 1 aromatic heterocycles. The van der Waals surface area contributed by atoms with Gasteiger partial charge in [0.15, 0.2) is 0 Å². The molecule has 8 aromatic carbocycles. The summed E-state index contributed by atoms with van der Waals surface area (Å²) < 4.78 is 2.47. The summed E-state index contributed by atoms with van der Waals surface area (Å²) in [5.74, 6) is 0. The molecule has 242 valence electrons. The summed E-state index contributed by atoms with van der Waals surface area (Å²) in [5.41, 5.74) is 14.7. The van der Waals surface area contributed by atoms with Gasteiger partial charge in [0.2, 0.25) is 0 Å². The van der Waals surface area contributed by atoms with Crippen LogP contribution in [0.1, 0.15) is 25.0 Å². The molecule has 0 N–H and O–H groups in total. The highest BCUT2D eigenvalue weighted by Gasteiger charge is 2.38. The van der Waals surface area contributed by atoms with Crippen molar-refractivity contribution < 1.29 is 0 Å². The minimum absolute atomic E-state index is 0.184. The first-order valence-corrected chi connectivity index (χ1v) is 17.8. The molecule has 51 heavy (non-hydrogen) atoms. The maximum atomic E-state index is 2.47. The van der Waals surface area contributed by atoms with Crippen LogP contribution < -0.4 is 4.90 Å². The average molecular weight is 653 g/mol. The fourth-order valence-corrected chi connectivity index (χ4v) is 8.56. The quantitative estimate of drug-likeness (QED) is 0.180. The Morgan fingerprint density at radius 3 is 1.76 bits per heavy atom. The predicted octanol–water partition coefficient (Wildman–Crippen LogP) is 13.4. The lowest BCUT2D eigenvalue weighted by Gasteiger charge is -2.28. The van der Waals surface area contributed by atoms with Crippen molar-refractivity contribution in [3.63, 3.8) is 0 Å². The van der Waals surface area contributed by atoms with Crippen LogP contribution in [-0.2, 0) is 5.41 Å². The van der Waals surface area contributed by atoms with Crippen molar-refractivity contribution in [2.45, 2.75) is 19.3 Å².